The molecule has 0 amide bonds. The number of fused-ring (bicyclic) bond motifs is 1. The largest absolute Gasteiger partial charge is 0.497 e. The van der Waals surface area contributed by atoms with Gasteiger partial charge in [0, 0.05) is 12.7 Å². The van der Waals surface area contributed by atoms with Crippen molar-refractivity contribution in [1.29, 1.82) is 0 Å². The van der Waals surface area contributed by atoms with E-state index in [4.69, 9.17) is 9.47 Å². The Morgan fingerprint density at radius 3 is 2.59 bits per heavy atom. The Morgan fingerprint density at radius 2 is 1.88 bits per heavy atom. The van der Waals surface area contributed by atoms with E-state index in [-0.39, 0.29) is 0 Å². The normalized spacial score (nSPS) is 17.6. The number of hydrogen-bond donors (Lipinski definition) is 1. The topological polar surface area (TPSA) is 87.2 Å². The van der Waals surface area contributed by atoms with Gasteiger partial charge < -0.3 is 19.1 Å². The second kappa shape index (κ2) is 8.79. The molecule has 1 N–H and O–H groups in total. The van der Waals surface area contributed by atoms with Gasteiger partial charge in [-0.25, -0.2) is 14.6 Å². The van der Waals surface area contributed by atoms with Crippen molar-refractivity contribution >= 4 is 12.2 Å². The Kier molecular flexibility index (Phi) is 5.67. The number of rotatable bonds is 6. The van der Waals surface area contributed by atoms with Gasteiger partial charge in [-0.05, 0) is 61.2 Å². The lowest BCUT2D eigenvalue weighted by Crippen LogP contribution is -2.35. The highest BCUT2D eigenvalue weighted by Gasteiger charge is 2.39. The summed E-state index contributed by atoms with van der Waals surface area (Å²) >= 11 is 0. The van der Waals surface area contributed by atoms with Crippen LogP contribution in [0.15, 0.2) is 55.0 Å². The molecule has 34 heavy (non-hydrogen) atoms. The van der Waals surface area contributed by atoms with E-state index < -0.39 is 5.60 Å². The van der Waals surface area contributed by atoms with Gasteiger partial charge in [0.05, 0.1) is 31.9 Å². The molecule has 0 radical (unpaired) electrons. The van der Waals surface area contributed by atoms with E-state index in [9.17, 15) is 5.11 Å². The SMILES string of the molecule is COc1ccc([C@@]2(O)CCCn3nc(C=Cc4ccc(-n5cnc(C)c5)c(OC)c4)nc32)cc1. The van der Waals surface area contributed by atoms with Crippen molar-refractivity contribution in [2.45, 2.75) is 31.9 Å². The summed E-state index contributed by atoms with van der Waals surface area (Å²) in [7, 11) is 3.28. The fourth-order valence-corrected chi connectivity index (χ4v) is 4.36. The molecule has 0 spiro atoms. The van der Waals surface area contributed by atoms with Crippen LogP contribution in [0, 0.1) is 6.92 Å². The van der Waals surface area contributed by atoms with Gasteiger partial charge in [0.15, 0.2) is 11.6 Å². The fraction of sp³-hybridized carbons (Fsp3) is 0.269. The number of aliphatic hydroxyl groups is 1. The number of benzene rings is 2. The molecule has 0 saturated heterocycles. The lowest BCUT2D eigenvalue weighted by molar-refractivity contribution is 0.0395. The number of aromatic nitrogens is 5. The third-order valence-electron chi connectivity index (χ3n) is 6.15. The minimum absolute atomic E-state index is 0.553. The zero-order chi connectivity index (χ0) is 23.7. The van der Waals surface area contributed by atoms with Crippen LogP contribution in [0.5, 0.6) is 11.5 Å². The molecule has 8 heteroatoms. The highest BCUT2D eigenvalue weighted by molar-refractivity contribution is 5.69. The Balaban J connectivity index is 1.42. The van der Waals surface area contributed by atoms with E-state index in [1.54, 1.807) is 25.2 Å². The van der Waals surface area contributed by atoms with Gasteiger partial charge in [-0.15, -0.1) is 0 Å². The molecule has 2 aromatic carbocycles. The van der Waals surface area contributed by atoms with Crippen LogP contribution in [0.2, 0.25) is 0 Å². The molecular formula is C26H27N5O3. The van der Waals surface area contributed by atoms with E-state index in [0.717, 1.165) is 47.0 Å². The third kappa shape index (κ3) is 3.97. The van der Waals surface area contributed by atoms with Gasteiger partial charge in [0.25, 0.3) is 0 Å². The van der Waals surface area contributed by atoms with Crippen molar-refractivity contribution in [2.24, 2.45) is 0 Å². The van der Waals surface area contributed by atoms with Crippen molar-refractivity contribution in [2.75, 3.05) is 14.2 Å². The summed E-state index contributed by atoms with van der Waals surface area (Å²) in [6.07, 6.45) is 8.93. The summed E-state index contributed by atoms with van der Waals surface area (Å²) in [5.74, 6) is 2.60. The third-order valence-corrected chi connectivity index (χ3v) is 6.15. The minimum atomic E-state index is -1.18. The van der Waals surface area contributed by atoms with Crippen LogP contribution in [0.1, 0.15) is 41.3 Å². The van der Waals surface area contributed by atoms with Crippen molar-refractivity contribution in [3.63, 3.8) is 0 Å². The van der Waals surface area contributed by atoms with Crippen molar-refractivity contribution in [3.05, 3.63) is 83.5 Å². The first-order chi connectivity index (χ1) is 16.5. The molecule has 2 aromatic heterocycles. The first-order valence-electron chi connectivity index (χ1n) is 11.2. The Hall–Kier alpha value is -3.91. The molecule has 0 fully saturated rings. The number of hydrogen-bond acceptors (Lipinski definition) is 6. The number of imidazole rings is 1. The predicted octanol–water partition coefficient (Wildman–Crippen LogP) is 3.99. The van der Waals surface area contributed by atoms with Gasteiger partial charge >= 0.3 is 0 Å². The molecule has 0 unspecified atom stereocenters. The summed E-state index contributed by atoms with van der Waals surface area (Å²) in [6.45, 7) is 2.68. The van der Waals surface area contributed by atoms with Crippen molar-refractivity contribution < 1.29 is 14.6 Å². The van der Waals surface area contributed by atoms with Gasteiger partial charge in [0.1, 0.15) is 17.1 Å². The smallest absolute Gasteiger partial charge is 0.174 e. The molecular weight excluding hydrogens is 430 g/mol. The van der Waals surface area contributed by atoms with Crippen molar-refractivity contribution in [1.82, 2.24) is 24.3 Å². The molecule has 3 heterocycles. The fourth-order valence-electron chi connectivity index (χ4n) is 4.36. The molecule has 0 aliphatic carbocycles. The summed E-state index contributed by atoms with van der Waals surface area (Å²) in [6, 6.07) is 13.4. The lowest BCUT2D eigenvalue weighted by Gasteiger charge is -2.31. The quantitative estimate of drug-likeness (QED) is 0.471. The summed E-state index contributed by atoms with van der Waals surface area (Å²) in [4.78, 5) is 8.98. The zero-order valence-corrected chi connectivity index (χ0v) is 19.5. The van der Waals surface area contributed by atoms with Crippen LogP contribution in [-0.4, -0.2) is 43.6 Å². The van der Waals surface area contributed by atoms with E-state index in [0.29, 0.717) is 18.1 Å². The number of ether oxygens (including phenoxy) is 2. The first-order valence-corrected chi connectivity index (χ1v) is 11.2. The maximum absolute atomic E-state index is 11.6. The maximum Gasteiger partial charge on any atom is 0.174 e. The molecule has 1 atom stereocenters. The average Bonchev–Trinajstić information content (AvgIpc) is 3.49. The van der Waals surface area contributed by atoms with Crippen LogP contribution < -0.4 is 9.47 Å². The highest BCUT2D eigenvalue weighted by atomic mass is 16.5. The second-order valence-corrected chi connectivity index (χ2v) is 8.40. The van der Waals surface area contributed by atoms with Gasteiger partial charge in [-0.1, -0.05) is 24.3 Å². The Labute approximate surface area is 198 Å². The number of aryl methyl sites for hydroxylation is 2. The second-order valence-electron chi connectivity index (χ2n) is 8.40. The standard InChI is InChI=1S/C26H27N5O3/c1-18-16-30(17-27-18)22-11-5-19(15-23(22)34-3)6-12-24-28-25-26(32,13-4-14-31(25)29-24)20-7-9-21(33-2)10-8-20/h5-12,15-17,32H,4,13-14H2,1-3H3/t26-/m0/s1. The molecule has 1 aliphatic rings. The lowest BCUT2D eigenvalue weighted by atomic mass is 9.86. The van der Waals surface area contributed by atoms with Crippen LogP contribution in [0.25, 0.3) is 17.8 Å². The zero-order valence-electron chi connectivity index (χ0n) is 19.5. The van der Waals surface area contributed by atoms with Gasteiger partial charge in [-0.3, -0.25) is 0 Å². The summed E-state index contributed by atoms with van der Waals surface area (Å²) < 4.78 is 14.6. The van der Waals surface area contributed by atoms with Crippen LogP contribution in [0.3, 0.4) is 0 Å². The molecule has 1 aliphatic heterocycles. The molecule has 174 valence electrons. The van der Waals surface area contributed by atoms with Crippen LogP contribution in [-0.2, 0) is 12.1 Å². The molecule has 8 nitrogen and oxygen atoms in total. The molecule has 0 saturated carbocycles. The molecule has 5 rings (SSSR count). The highest BCUT2D eigenvalue weighted by Crippen LogP contribution is 2.37. The number of methoxy groups -OCH3 is 2. The van der Waals surface area contributed by atoms with E-state index in [2.05, 4.69) is 15.1 Å². The van der Waals surface area contributed by atoms with Crippen LogP contribution >= 0.6 is 0 Å². The van der Waals surface area contributed by atoms with Crippen molar-refractivity contribution in [3.8, 4) is 17.2 Å². The van der Waals surface area contributed by atoms with Crippen LogP contribution in [0.4, 0.5) is 0 Å². The van der Waals surface area contributed by atoms with E-state index in [1.165, 1.54) is 0 Å². The minimum Gasteiger partial charge on any atom is -0.497 e. The summed E-state index contributed by atoms with van der Waals surface area (Å²) in [5.41, 5.74) is 2.41. The first kappa shape index (κ1) is 21.9. The summed E-state index contributed by atoms with van der Waals surface area (Å²) in [5, 5.41) is 16.2. The van der Waals surface area contributed by atoms with Gasteiger partial charge in [-0.2, -0.15) is 5.10 Å². The predicted molar refractivity (Wildman–Crippen MR) is 129 cm³/mol. The van der Waals surface area contributed by atoms with Gasteiger partial charge in [0.2, 0.25) is 0 Å². The molecule has 4 aromatic rings. The Bertz CT molecular complexity index is 1340. The van der Waals surface area contributed by atoms with E-state index >= 15 is 0 Å². The van der Waals surface area contributed by atoms with E-state index in [1.807, 2.05) is 72.3 Å². The average molecular weight is 458 g/mol. The monoisotopic (exact) mass is 457 g/mol. The maximum atomic E-state index is 11.6. The molecule has 0 bridgehead atoms. The number of nitrogens with zero attached hydrogens (tertiary/aromatic N) is 5. The Morgan fingerprint density at radius 1 is 1.06 bits per heavy atom.